The molecule has 1 atom stereocenters. The predicted molar refractivity (Wildman–Crippen MR) is 78.5 cm³/mol. The quantitative estimate of drug-likeness (QED) is 0.865. The number of fused-ring (bicyclic) bond motifs is 1. The number of carbonyl (C=O) groups is 1. The summed E-state index contributed by atoms with van der Waals surface area (Å²) in [5.74, 6) is 0.372. The van der Waals surface area contributed by atoms with E-state index in [0.717, 1.165) is 0 Å². The molecule has 7 heteroatoms. The van der Waals surface area contributed by atoms with Gasteiger partial charge >= 0.3 is 0 Å². The van der Waals surface area contributed by atoms with Crippen LogP contribution >= 0.6 is 0 Å². The Bertz CT molecular complexity index is 640. The van der Waals surface area contributed by atoms with E-state index in [9.17, 15) is 13.2 Å². The van der Waals surface area contributed by atoms with Gasteiger partial charge in [-0.1, -0.05) is 13.8 Å². The number of primary sulfonamides is 1. The third kappa shape index (κ3) is 3.74. The standard InChI is InChI=1S/C14H20N2O4S/c1-9(2)8-16-14(17)11-5-6-20-13-4-3-10(7-12(11)13)21(15,18)19/h3-4,7,9,11H,5-6,8H2,1-2H3,(H,16,17)(H2,15,18,19). The number of carbonyl (C=O) groups excluding carboxylic acids is 1. The minimum Gasteiger partial charge on any atom is -0.493 e. The summed E-state index contributed by atoms with van der Waals surface area (Å²) in [5, 5.41) is 8.02. The topological polar surface area (TPSA) is 98.5 Å². The van der Waals surface area contributed by atoms with Crippen LogP contribution < -0.4 is 15.2 Å². The first-order valence-corrected chi connectivity index (χ1v) is 8.41. The van der Waals surface area contributed by atoms with Crippen LogP contribution in [-0.4, -0.2) is 27.5 Å². The molecule has 21 heavy (non-hydrogen) atoms. The Morgan fingerprint density at radius 2 is 2.19 bits per heavy atom. The molecule has 0 aliphatic carbocycles. The summed E-state index contributed by atoms with van der Waals surface area (Å²) in [4.78, 5) is 12.3. The van der Waals surface area contributed by atoms with Gasteiger partial charge < -0.3 is 10.1 Å². The molecule has 0 aromatic heterocycles. The summed E-state index contributed by atoms with van der Waals surface area (Å²) in [6.07, 6.45) is 0.519. The molecule has 116 valence electrons. The van der Waals surface area contributed by atoms with Crippen LogP contribution in [0.25, 0.3) is 0 Å². The highest BCUT2D eigenvalue weighted by Crippen LogP contribution is 2.35. The maximum absolute atomic E-state index is 12.3. The lowest BCUT2D eigenvalue weighted by molar-refractivity contribution is -0.123. The zero-order valence-electron chi connectivity index (χ0n) is 12.1. The highest BCUT2D eigenvalue weighted by atomic mass is 32.2. The van der Waals surface area contributed by atoms with Crippen LogP contribution in [0, 0.1) is 5.92 Å². The third-order valence-corrected chi connectivity index (χ3v) is 4.26. The SMILES string of the molecule is CC(C)CNC(=O)C1CCOc2ccc(S(N)(=O)=O)cc21. The van der Waals surface area contributed by atoms with Crippen molar-refractivity contribution in [1.82, 2.24) is 5.32 Å². The predicted octanol–water partition coefficient (Wildman–Crippen LogP) is 0.972. The molecule has 1 heterocycles. The molecule has 1 amide bonds. The fraction of sp³-hybridized carbons (Fsp3) is 0.500. The molecule has 3 N–H and O–H groups in total. The molecule has 0 saturated carbocycles. The minimum atomic E-state index is -3.80. The van der Waals surface area contributed by atoms with Crippen molar-refractivity contribution in [2.75, 3.05) is 13.2 Å². The van der Waals surface area contributed by atoms with Gasteiger partial charge in [0.15, 0.2) is 0 Å². The van der Waals surface area contributed by atoms with Crippen LogP contribution in [0.5, 0.6) is 5.75 Å². The highest BCUT2D eigenvalue weighted by molar-refractivity contribution is 7.89. The lowest BCUT2D eigenvalue weighted by Crippen LogP contribution is -2.34. The van der Waals surface area contributed by atoms with Gasteiger partial charge in [-0.3, -0.25) is 4.79 Å². The zero-order valence-corrected chi connectivity index (χ0v) is 12.9. The van der Waals surface area contributed by atoms with E-state index in [-0.39, 0.29) is 10.8 Å². The molecule has 1 unspecified atom stereocenters. The van der Waals surface area contributed by atoms with E-state index in [1.165, 1.54) is 12.1 Å². The van der Waals surface area contributed by atoms with Crippen LogP contribution in [0.2, 0.25) is 0 Å². The lowest BCUT2D eigenvalue weighted by Gasteiger charge is -2.26. The maximum Gasteiger partial charge on any atom is 0.238 e. The van der Waals surface area contributed by atoms with Gasteiger partial charge in [-0.25, -0.2) is 13.6 Å². The Labute approximate surface area is 124 Å². The highest BCUT2D eigenvalue weighted by Gasteiger charge is 2.29. The van der Waals surface area contributed by atoms with Crippen LogP contribution in [0.15, 0.2) is 23.1 Å². The minimum absolute atomic E-state index is 0.00610. The van der Waals surface area contributed by atoms with Crippen molar-refractivity contribution in [1.29, 1.82) is 0 Å². The van der Waals surface area contributed by atoms with Gasteiger partial charge in [-0.05, 0) is 30.5 Å². The van der Waals surface area contributed by atoms with Gasteiger partial charge in [0.25, 0.3) is 0 Å². The van der Waals surface area contributed by atoms with Crippen molar-refractivity contribution < 1.29 is 17.9 Å². The van der Waals surface area contributed by atoms with Gasteiger partial charge in [0.1, 0.15) is 5.75 Å². The number of hydrogen-bond donors (Lipinski definition) is 2. The summed E-state index contributed by atoms with van der Waals surface area (Å²) in [7, 11) is -3.80. The first-order chi connectivity index (χ1) is 9.79. The van der Waals surface area contributed by atoms with E-state index < -0.39 is 15.9 Å². The second-order valence-corrected chi connectivity index (χ2v) is 7.13. The summed E-state index contributed by atoms with van der Waals surface area (Å²) in [5.41, 5.74) is 0.578. The third-order valence-electron chi connectivity index (χ3n) is 3.35. The number of nitrogens with two attached hydrogens (primary N) is 1. The summed E-state index contributed by atoms with van der Waals surface area (Å²) < 4.78 is 28.4. The molecule has 0 bridgehead atoms. The molecule has 1 aromatic rings. The van der Waals surface area contributed by atoms with E-state index in [1.807, 2.05) is 13.8 Å². The number of benzene rings is 1. The number of nitrogens with one attached hydrogen (secondary N) is 1. The van der Waals surface area contributed by atoms with E-state index in [0.29, 0.717) is 36.8 Å². The summed E-state index contributed by atoms with van der Waals surface area (Å²) >= 11 is 0. The fourth-order valence-corrected chi connectivity index (χ4v) is 2.80. The molecular formula is C14H20N2O4S. The van der Waals surface area contributed by atoms with Gasteiger partial charge in [0.2, 0.25) is 15.9 Å². The van der Waals surface area contributed by atoms with Crippen LogP contribution in [0.3, 0.4) is 0 Å². The van der Waals surface area contributed by atoms with Crippen molar-refractivity contribution in [3.8, 4) is 5.75 Å². The lowest BCUT2D eigenvalue weighted by atomic mass is 9.92. The number of hydrogen-bond acceptors (Lipinski definition) is 4. The number of amides is 1. The average molecular weight is 312 g/mol. The smallest absolute Gasteiger partial charge is 0.238 e. The van der Waals surface area contributed by atoms with Crippen LogP contribution in [0.1, 0.15) is 31.7 Å². The second-order valence-electron chi connectivity index (χ2n) is 5.57. The molecule has 0 saturated heterocycles. The van der Waals surface area contributed by atoms with Crippen molar-refractivity contribution in [3.05, 3.63) is 23.8 Å². The van der Waals surface area contributed by atoms with Gasteiger partial charge in [0.05, 0.1) is 17.4 Å². The van der Waals surface area contributed by atoms with Gasteiger partial charge in [-0.15, -0.1) is 0 Å². The Balaban J connectivity index is 2.31. The van der Waals surface area contributed by atoms with Gasteiger partial charge in [0, 0.05) is 12.1 Å². The number of sulfonamides is 1. The first-order valence-electron chi connectivity index (χ1n) is 6.86. The summed E-state index contributed by atoms with van der Waals surface area (Å²) in [6, 6.07) is 4.38. The Morgan fingerprint density at radius 3 is 2.81 bits per heavy atom. The Morgan fingerprint density at radius 1 is 1.48 bits per heavy atom. The second kappa shape index (κ2) is 6.03. The van der Waals surface area contributed by atoms with E-state index >= 15 is 0 Å². The average Bonchev–Trinajstić information content (AvgIpc) is 2.42. The van der Waals surface area contributed by atoms with E-state index in [1.54, 1.807) is 6.07 Å². The monoisotopic (exact) mass is 312 g/mol. The summed E-state index contributed by atoms with van der Waals surface area (Å²) in [6.45, 7) is 5.04. The van der Waals surface area contributed by atoms with Gasteiger partial charge in [-0.2, -0.15) is 0 Å². The Hall–Kier alpha value is -1.60. The Kier molecular flexibility index (Phi) is 4.53. The van der Waals surface area contributed by atoms with Crippen molar-refractivity contribution in [2.45, 2.75) is 31.1 Å². The normalized spacial score (nSPS) is 18.0. The molecule has 0 spiro atoms. The largest absolute Gasteiger partial charge is 0.493 e. The van der Waals surface area contributed by atoms with E-state index in [4.69, 9.17) is 9.88 Å². The molecular weight excluding hydrogens is 292 g/mol. The van der Waals surface area contributed by atoms with Crippen molar-refractivity contribution >= 4 is 15.9 Å². The molecule has 0 radical (unpaired) electrons. The van der Waals surface area contributed by atoms with Crippen LogP contribution in [0.4, 0.5) is 0 Å². The molecule has 1 aliphatic heterocycles. The first kappa shape index (κ1) is 15.8. The molecule has 1 aliphatic rings. The number of ether oxygens (including phenoxy) is 1. The molecule has 1 aromatic carbocycles. The molecule has 6 nitrogen and oxygen atoms in total. The van der Waals surface area contributed by atoms with Crippen molar-refractivity contribution in [2.24, 2.45) is 11.1 Å². The molecule has 0 fully saturated rings. The maximum atomic E-state index is 12.3. The zero-order chi connectivity index (χ0) is 15.6. The van der Waals surface area contributed by atoms with Crippen molar-refractivity contribution in [3.63, 3.8) is 0 Å². The molecule has 2 rings (SSSR count). The van der Waals surface area contributed by atoms with Crippen LogP contribution in [-0.2, 0) is 14.8 Å². The number of rotatable bonds is 4. The fourth-order valence-electron chi connectivity index (χ4n) is 2.25. The van der Waals surface area contributed by atoms with E-state index in [2.05, 4.69) is 5.32 Å².